The minimum Gasteiger partial charge on any atom is -0.480 e. The molecule has 1 heterocycles. The van der Waals surface area contributed by atoms with Crippen molar-refractivity contribution >= 4 is 11.9 Å². The van der Waals surface area contributed by atoms with Gasteiger partial charge in [-0.2, -0.15) is 0 Å². The van der Waals surface area contributed by atoms with Gasteiger partial charge in [-0.25, -0.2) is 9.78 Å². The van der Waals surface area contributed by atoms with Gasteiger partial charge >= 0.3 is 5.97 Å². The third kappa shape index (κ3) is 2.80. The lowest BCUT2D eigenvalue weighted by atomic mass is 10.2. The highest BCUT2D eigenvalue weighted by atomic mass is 16.4. The summed E-state index contributed by atoms with van der Waals surface area (Å²) in [5, 5.41) is 19.6. The number of nitrogens with one attached hydrogen (secondary N) is 1. The number of aliphatic hydroxyl groups is 1. The van der Waals surface area contributed by atoms with Crippen LogP contribution in [0.25, 0.3) is 0 Å². The number of carboxylic acids is 1. The average Bonchev–Trinajstić information content (AvgIpc) is 2.63. The average molecular weight is 228 g/mol. The van der Waals surface area contributed by atoms with Gasteiger partial charge in [-0.05, 0) is 6.92 Å². The van der Waals surface area contributed by atoms with Crippen molar-refractivity contribution in [2.45, 2.75) is 19.4 Å². The maximum absolute atomic E-state index is 11.5. The zero-order valence-electron chi connectivity index (χ0n) is 8.64. The van der Waals surface area contributed by atoms with Crippen LogP contribution in [0.1, 0.15) is 22.7 Å². The Morgan fingerprint density at radius 1 is 1.62 bits per heavy atom. The summed E-state index contributed by atoms with van der Waals surface area (Å²) in [6, 6.07) is -1.14. The highest BCUT2D eigenvalue weighted by Gasteiger charge is 2.22. The number of aryl methyl sites for hydroxylation is 1. The molecule has 0 aromatic carbocycles. The maximum Gasteiger partial charge on any atom is 0.326 e. The molecule has 7 heteroatoms. The molecule has 1 atom stereocenters. The molecular formula is C9H12N2O5. The van der Waals surface area contributed by atoms with E-state index in [1.807, 2.05) is 0 Å². The molecule has 88 valence electrons. The second-order valence-electron chi connectivity index (χ2n) is 3.14. The standard InChI is InChI=1S/C9H12N2O5/c1-5-7(16-4-10-5)8(13)11-6(2-3-12)9(14)15/h4,6,12H,2-3H2,1H3,(H,11,13)(H,14,15)/t6-/m0/s1. The van der Waals surface area contributed by atoms with Crippen LogP contribution < -0.4 is 5.32 Å². The Balaban J connectivity index is 2.69. The molecule has 0 radical (unpaired) electrons. The lowest BCUT2D eigenvalue weighted by Gasteiger charge is -2.11. The molecule has 7 nitrogen and oxygen atoms in total. The van der Waals surface area contributed by atoms with Crippen molar-refractivity contribution in [3.05, 3.63) is 17.8 Å². The van der Waals surface area contributed by atoms with Crippen molar-refractivity contribution in [1.82, 2.24) is 10.3 Å². The quantitative estimate of drug-likeness (QED) is 0.629. The van der Waals surface area contributed by atoms with Crippen molar-refractivity contribution in [2.75, 3.05) is 6.61 Å². The van der Waals surface area contributed by atoms with Gasteiger partial charge < -0.3 is 19.9 Å². The largest absolute Gasteiger partial charge is 0.480 e. The number of rotatable bonds is 5. The number of aliphatic hydroxyl groups excluding tert-OH is 1. The highest BCUT2D eigenvalue weighted by Crippen LogP contribution is 2.05. The van der Waals surface area contributed by atoms with E-state index in [1.54, 1.807) is 6.92 Å². The first-order valence-electron chi connectivity index (χ1n) is 4.61. The lowest BCUT2D eigenvalue weighted by Crippen LogP contribution is -2.41. The van der Waals surface area contributed by atoms with Gasteiger partial charge in [-0.1, -0.05) is 0 Å². The van der Waals surface area contributed by atoms with Crippen molar-refractivity contribution in [1.29, 1.82) is 0 Å². The summed E-state index contributed by atoms with van der Waals surface area (Å²) in [4.78, 5) is 25.9. The van der Waals surface area contributed by atoms with Crippen LogP contribution in [0.5, 0.6) is 0 Å². The van der Waals surface area contributed by atoms with Crippen LogP contribution in [0.15, 0.2) is 10.8 Å². The predicted octanol–water partition coefficient (Wildman–Crippen LogP) is -0.452. The van der Waals surface area contributed by atoms with Gasteiger partial charge in [-0.15, -0.1) is 0 Å². The molecule has 1 amide bonds. The van der Waals surface area contributed by atoms with Gasteiger partial charge in [0.15, 0.2) is 6.39 Å². The van der Waals surface area contributed by atoms with E-state index in [4.69, 9.17) is 14.6 Å². The summed E-state index contributed by atoms with van der Waals surface area (Å²) in [5.74, 6) is -1.89. The molecule has 0 aliphatic rings. The number of carbonyl (C=O) groups is 2. The summed E-state index contributed by atoms with van der Waals surface area (Å²) in [7, 11) is 0. The van der Waals surface area contributed by atoms with E-state index in [0.29, 0.717) is 5.69 Å². The Labute approximate surface area is 91.1 Å². The second-order valence-corrected chi connectivity index (χ2v) is 3.14. The maximum atomic E-state index is 11.5. The SMILES string of the molecule is Cc1ncoc1C(=O)N[C@@H](CCO)C(=O)O. The molecular weight excluding hydrogens is 216 g/mol. The first-order chi connectivity index (χ1) is 7.56. The van der Waals surface area contributed by atoms with Crippen LogP contribution in [-0.2, 0) is 4.79 Å². The number of amides is 1. The molecule has 0 unspecified atom stereocenters. The number of carbonyl (C=O) groups excluding carboxylic acids is 1. The summed E-state index contributed by atoms with van der Waals surface area (Å²) in [5.41, 5.74) is 0.380. The molecule has 3 N–H and O–H groups in total. The van der Waals surface area contributed by atoms with E-state index in [1.165, 1.54) is 0 Å². The van der Waals surface area contributed by atoms with Gasteiger partial charge in [0.1, 0.15) is 6.04 Å². The van der Waals surface area contributed by atoms with Gasteiger partial charge in [0, 0.05) is 13.0 Å². The number of hydrogen-bond acceptors (Lipinski definition) is 5. The second kappa shape index (κ2) is 5.26. The Morgan fingerprint density at radius 2 is 2.31 bits per heavy atom. The van der Waals surface area contributed by atoms with E-state index in [-0.39, 0.29) is 18.8 Å². The molecule has 0 saturated carbocycles. The molecule has 0 saturated heterocycles. The van der Waals surface area contributed by atoms with Gasteiger partial charge in [-0.3, -0.25) is 4.79 Å². The zero-order valence-corrected chi connectivity index (χ0v) is 8.64. The Hall–Kier alpha value is -1.89. The molecule has 0 bridgehead atoms. The van der Waals surface area contributed by atoms with Crippen LogP contribution in [0.3, 0.4) is 0 Å². The minimum absolute atomic E-state index is 0.0239. The summed E-state index contributed by atoms with van der Waals surface area (Å²) in [6.07, 6.45) is 1.04. The van der Waals surface area contributed by atoms with E-state index in [0.717, 1.165) is 6.39 Å². The Bertz CT molecular complexity index is 387. The van der Waals surface area contributed by atoms with E-state index in [2.05, 4.69) is 10.3 Å². The Kier molecular flexibility index (Phi) is 4.01. The van der Waals surface area contributed by atoms with Crippen molar-refractivity contribution in [2.24, 2.45) is 0 Å². The molecule has 0 fully saturated rings. The van der Waals surface area contributed by atoms with Crippen molar-refractivity contribution < 1.29 is 24.2 Å². The smallest absolute Gasteiger partial charge is 0.326 e. The lowest BCUT2D eigenvalue weighted by molar-refractivity contribution is -0.139. The number of hydrogen-bond donors (Lipinski definition) is 3. The summed E-state index contributed by atoms with van der Waals surface area (Å²) >= 11 is 0. The first-order valence-corrected chi connectivity index (χ1v) is 4.61. The number of nitrogens with zero attached hydrogens (tertiary/aromatic N) is 1. The van der Waals surface area contributed by atoms with Gasteiger partial charge in [0.25, 0.3) is 5.91 Å². The third-order valence-corrected chi connectivity index (χ3v) is 1.97. The number of aliphatic carboxylic acids is 1. The van der Waals surface area contributed by atoms with E-state index < -0.39 is 17.9 Å². The molecule has 0 aliphatic carbocycles. The summed E-state index contributed by atoms with van der Waals surface area (Å²) < 4.78 is 4.81. The monoisotopic (exact) mass is 228 g/mol. The minimum atomic E-state index is -1.21. The fraction of sp³-hybridized carbons (Fsp3) is 0.444. The van der Waals surface area contributed by atoms with E-state index in [9.17, 15) is 9.59 Å². The Morgan fingerprint density at radius 3 is 2.75 bits per heavy atom. The van der Waals surface area contributed by atoms with E-state index >= 15 is 0 Å². The van der Waals surface area contributed by atoms with Gasteiger partial charge in [0.05, 0.1) is 5.69 Å². The number of oxazole rings is 1. The normalized spacial score (nSPS) is 12.1. The molecule has 16 heavy (non-hydrogen) atoms. The third-order valence-electron chi connectivity index (χ3n) is 1.97. The first kappa shape index (κ1) is 12.2. The van der Waals surface area contributed by atoms with Crippen LogP contribution in [0.2, 0.25) is 0 Å². The molecule has 1 aromatic rings. The van der Waals surface area contributed by atoms with Crippen LogP contribution >= 0.6 is 0 Å². The zero-order chi connectivity index (χ0) is 12.1. The van der Waals surface area contributed by atoms with Gasteiger partial charge in [0.2, 0.25) is 5.76 Å². The van der Waals surface area contributed by atoms with Crippen molar-refractivity contribution in [3.8, 4) is 0 Å². The topological polar surface area (TPSA) is 113 Å². The highest BCUT2D eigenvalue weighted by molar-refractivity contribution is 5.94. The van der Waals surface area contributed by atoms with Crippen LogP contribution in [0, 0.1) is 6.92 Å². The fourth-order valence-electron chi connectivity index (χ4n) is 1.13. The van der Waals surface area contributed by atoms with Crippen LogP contribution in [0.4, 0.5) is 0 Å². The van der Waals surface area contributed by atoms with Crippen molar-refractivity contribution in [3.63, 3.8) is 0 Å². The molecule has 1 aromatic heterocycles. The molecule has 0 spiro atoms. The number of aromatic nitrogens is 1. The number of carboxylic acid groups (broad SMARTS) is 1. The fourth-order valence-corrected chi connectivity index (χ4v) is 1.13. The predicted molar refractivity (Wildman–Crippen MR) is 51.8 cm³/mol. The summed E-state index contributed by atoms with van der Waals surface area (Å²) in [6.45, 7) is 1.24. The molecule has 1 rings (SSSR count). The van der Waals surface area contributed by atoms with Crippen LogP contribution in [-0.4, -0.2) is 39.7 Å². The molecule has 0 aliphatic heterocycles.